The molecule has 0 radical (unpaired) electrons. The fraction of sp³-hybridized carbons (Fsp3) is 0.238. The molecule has 0 aliphatic heterocycles. The van der Waals surface area contributed by atoms with Crippen molar-refractivity contribution in [1.82, 2.24) is 0 Å². The Kier molecular flexibility index (Phi) is 5.89. The van der Waals surface area contributed by atoms with Gasteiger partial charge in [-0.2, -0.15) is 0 Å². The number of esters is 2. The molecule has 0 aromatic heterocycles. The molecule has 0 saturated carbocycles. The Hall–Kier alpha value is -3.00. The molecule has 146 valence electrons. The maximum Gasteiger partial charge on any atom is 0.338 e. The number of aliphatic hydroxyl groups excluding tert-OH is 2. The maximum absolute atomic E-state index is 12.2. The van der Waals surface area contributed by atoms with E-state index in [4.69, 9.17) is 9.47 Å². The summed E-state index contributed by atoms with van der Waals surface area (Å²) in [6.07, 6.45) is -1.98. The van der Waals surface area contributed by atoms with E-state index in [1.807, 2.05) is 0 Å². The summed E-state index contributed by atoms with van der Waals surface area (Å²) < 4.78 is 10.3. The topological polar surface area (TPSA) is 113 Å². The van der Waals surface area contributed by atoms with Crippen molar-refractivity contribution in [2.45, 2.75) is 23.9 Å². The summed E-state index contributed by atoms with van der Waals surface area (Å²) in [5.74, 6) is -1.42. The second-order valence-electron chi connectivity index (χ2n) is 6.44. The molecule has 2 aromatic carbocycles. The molecule has 7 heteroatoms. The van der Waals surface area contributed by atoms with Crippen LogP contribution in [0.5, 0.6) is 0 Å². The van der Waals surface area contributed by atoms with Crippen LogP contribution in [0.3, 0.4) is 0 Å². The zero-order valence-corrected chi connectivity index (χ0v) is 14.8. The molecule has 0 heterocycles. The number of hydrogen-bond acceptors (Lipinski definition) is 7. The van der Waals surface area contributed by atoms with Gasteiger partial charge in [-0.25, -0.2) is 9.59 Å². The van der Waals surface area contributed by atoms with Crippen molar-refractivity contribution in [2.75, 3.05) is 6.61 Å². The van der Waals surface area contributed by atoms with Crippen LogP contribution in [0.1, 0.15) is 20.7 Å². The monoisotopic (exact) mass is 384 g/mol. The summed E-state index contributed by atoms with van der Waals surface area (Å²) in [6.45, 7) is -0.688. The quantitative estimate of drug-likeness (QED) is 0.522. The summed E-state index contributed by atoms with van der Waals surface area (Å²) in [5.41, 5.74) is -1.71. The first kappa shape index (κ1) is 19.8. The Bertz CT molecular complexity index is 850. The molecule has 3 rings (SSSR count). The van der Waals surface area contributed by atoms with Gasteiger partial charge in [0, 0.05) is 0 Å². The highest BCUT2D eigenvalue weighted by atomic mass is 16.6. The summed E-state index contributed by atoms with van der Waals surface area (Å²) in [7, 11) is 0. The van der Waals surface area contributed by atoms with Gasteiger partial charge in [-0.05, 0) is 30.3 Å². The average molecular weight is 384 g/mol. The van der Waals surface area contributed by atoms with Gasteiger partial charge >= 0.3 is 11.9 Å². The third kappa shape index (κ3) is 4.12. The number of hydrogen-bond donors (Lipinski definition) is 3. The molecule has 0 spiro atoms. The molecule has 1 aliphatic carbocycles. The van der Waals surface area contributed by atoms with E-state index in [0.29, 0.717) is 0 Å². The first-order valence-corrected chi connectivity index (χ1v) is 8.67. The van der Waals surface area contributed by atoms with Gasteiger partial charge in [-0.3, -0.25) is 0 Å². The predicted molar refractivity (Wildman–Crippen MR) is 98.5 cm³/mol. The second kappa shape index (κ2) is 8.35. The van der Waals surface area contributed by atoms with Gasteiger partial charge in [-0.1, -0.05) is 42.5 Å². The van der Waals surface area contributed by atoms with Crippen LogP contribution in [0.25, 0.3) is 0 Å². The zero-order valence-electron chi connectivity index (χ0n) is 14.8. The van der Waals surface area contributed by atoms with Gasteiger partial charge in [0.25, 0.3) is 0 Å². The number of rotatable bonds is 5. The third-order valence-electron chi connectivity index (χ3n) is 4.52. The van der Waals surface area contributed by atoms with E-state index in [0.717, 1.165) is 0 Å². The number of carbonyl (C=O) groups excluding carboxylic acids is 2. The first-order chi connectivity index (χ1) is 13.4. The molecule has 0 amide bonds. The van der Waals surface area contributed by atoms with E-state index in [1.54, 1.807) is 48.5 Å². The molecule has 0 fully saturated rings. The normalized spacial score (nSPS) is 26.5. The minimum Gasteiger partial charge on any atom is -0.459 e. The van der Waals surface area contributed by atoms with E-state index in [-0.39, 0.29) is 11.1 Å². The lowest BCUT2D eigenvalue weighted by molar-refractivity contribution is -0.183. The molecule has 0 saturated heterocycles. The number of ether oxygens (including phenoxy) is 2. The molecular weight excluding hydrogens is 364 g/mol. The summed E-state index contributed by atoms with van der Waals surface area (Å²) in [6, 6.07) is 16.2. The van der Waals surface area contributed by atoms with Crippen molar-refractivity contribution in [3.63, 3.8) is 0 Å². The van der Waals surface area contributed by atoms with Crippen molar-refractivity contribution in [2.24, 2.45) is 0 Å². The van der Waals surface area contributed by atoms with Crippen LogP contribution in [0.15, 0.2) is 72.8 Å². The molecule has 4 atom stereocenters. The zero-order chi connectivity index (χ0) is 20.1. The van der Waals surface area contributed by atoms with Gasteiger partial charge in [0.1, 0.15) is 24.9 Å². The van der Waals surface area contributed by atoms with E-state index in [9.17, 15) is 24.9 Å². The van der Waals surface area contributed by atoms with Crippen molar-refractivity contribution in [3.05, 3.63) is 83.9 Å². The van der Waals surface area contributed by atoms with E-state index < -0.39 is 42.5 Å². The van der Waals surface area contributed by atoms with Gasteiger partial charge in [0.05, 0.1) is 11.1 Å². The highest BCUT2D eigenvalue weighted by molar-refractivity contribution is 5.90. The van der Waals surface area contributed by atoms with Gasteiger partial charge in [0.2, 0.25) is 0 Å². The van der Waals surface area contributed by atoms with Crippen LogP contribution in [0.2, 0.25) is 0 Å². The third-order valence-corrected chi connectivity index (χ3v) is 4.52. The maximum atomic E-state index is 12.2. The SMILES string of the molecule is O=C(OC[C@]1(O)[C@H](O)[C@H](OC(=O)c2ccccc2)C=C[C@@H]1O)c1ccccc1. The Labute approximate surface area is 161 Å². The van der Waals surface area contributed by atoms with Crippen LogP contribution in [0, 0.1) is 0 Å². The lowest BCUT2D eigenvalue weighted by Crippen LogP contribution is -2.61. The van der Waals surface area contributed by atoms with Crippen LogP contribution >= 0.6 is 0 Å². The number of carbonyl (C=O) groups is 2. The van der Waals surface area contributed by atoms with E-state index in [1.165, 1.54) is 24.3 Å². The minimum atomic E-state index is -2.24. The molecule has 3 N–H and O–H groups in total. The van der Waals surface area contributed by atoms with Gasteiger partial charge in [0.15, 0.2) is 5.60 Å². The van der Waals surface area contributed by atoms with Crippen LogP contribution in [0.4, 0.5) is 0 Å². The van der Waals surface area contributed by atoms with Gasteiger partial charge < -0.3 is 24.8 Å². The van der Waals surface area contributed by atoms with Gasteiger partial charge in [-0.15, -0.1) is 0 Å². The molecule has 0 bridgehead atoms. The molecule has 1 aliphatic rings. The fourth-order valence-corrected chi connectivity index (χ4v) is 2.83. The fourth-order valence-electron chi connectivity index (χ4n) is 2.83. The summed E-state index contributed by atoms with van der Waals surface area (Å²) >= 11 is 0. The van der Waals surface area contributed by atoms with Crippen molar-refractivity contribution in [3.8, 4) is 0 Å². The highest BCUT2D eigenvalue weighted by Crippen LogP contribution is 2.28. The molecule has 2 aromatic rings. The lowest BCUT2D eigenvalue weighted by Gasteiger charge is -2.40. The van der Waals surface area contributed by atoms with Crippen molar-refractivity contribution in [1.29, 1.82) is 0 Å². The lowest BCUT2D eigenvalue weighted by atomic mass is 9.83. The number of benzene rings is 2. The minimum absolute atomic E-state index is 0.258. The first-order valence-electron chi connectivity index (χ1n) is 8.67. The average Bonchev–Trinajstić information content (AvgIpc) is 2.74. The molecule has 7 nitrogen and oxygen atoms in total. The molecular formula is C21H20O7. The highest BCUT2D eigenvalue weighted by Gasteiger charge is 2.50. The molecule has 0 unspecified atom stereocenters. The second-order valence-corrected chi connectivity index (χ2v) is 6.44. The standard InChI is InChI=1S/C21H20O7/c22-17-12-11-16(28-20(25)15-9-5-2-6-10-15)18(23)21(17,26)13-27-19(24)14-7-3-1-4-8-14/h1-12,16-18,22-23,26H,13H2/t16-,17+,18-,21-/m1/s1. The van der Waals surface area contributed by atoms with Crippen LogP contribution in [-0.4, -0.2) is 57.8 Å². The van der Waals surface area contributed by atoms with E-state index in [2.05, 4.69) is 0 Å². The Morgan fingerprint density at radius 2 is 1.39 bits per heavy atom. The van der Waals surface area contributed by atoms with Crippen molar-refractivity contribution >= 4 is 11.9 Å². The predicted octanol–water partition coefficient (Wildman–Crippen LogP) is 1.09. The molecule has 28 heavy (non-hydrogen) atoms. The smallest absolute Gasteiger partial charge is 0.338 e. The van der Waals surface area contributed by atoms with Crippen LogP contribution in [-0.2, 0) is 9.47 Å². The van der Waals surface area contributed by atoms with E-state index >= 15 is 0 Å². The summed E-state index contributed by atoms with van der Waals surface area (Å²) in [4.78, 5) is 24.3. The Balaban J connectivity index is 1.69. The van der Waals surface area contributed by atoms with Crippen LogP contribution < -0.4 is 0 Å². The largest absolute Gasteiger partial charge is 0.459 e. The summed E-state index contributed by atoms with van der Waals surface area (Å²) in [5, 5.41) is 31.4. The Morgan fingerprint density at radius 3 is 1.96 bits per heavy atom. The number of aliphatic hydroxyl groups is 3. The Morgan fingerprint density at radius 1 is 0.857 bits per heavy atom. The van der Waals surface area contributed by atoms with Crippen molar-refractivity contribution < 1.29 is 34.4 Å².